The van der Waals surface area contributed by atoms with E-state index in [-0.39, 0.29) is 5.92 Å². The van der Waals surface area contributed by atoms with E-state index in [0.717, 1.165) is 0 Å². The number of hydrogen-bond donors (Lipinski definition) is 0. The van der Waals surface area contributed by atoms with Crippen LogP contribution in [-0.4, -0.2) is 0 Å². The van der Waals surface area contributed by atoms with Gasteiger partial charge in [0, 0.05) is 0 Å². The van der Waals surface area contributed by atoms with Crippen LogP contribution < -0.4 is 0 Å². The van der Waals surface area contributed by atoms with Crippen LogP contribution in [0.4, 0.5) is 0 Å². The lowest BCUT2D eigenvalue weighted by Gasteiger charge is -2.17. The van der Waals surface area contributed by atoms with Crippen molar-refractivity contribution in [1.82, 2.24) is 0 Å². The summed E-state index contributed by atoms with van der Waals surface area (Å²) in [6.07, 6.45) is 7.61. The first-order valence-electron chi connectivity index (χ1n) is 4.47. The van der Waals surface area contributed by atoms with Gasteiger partial charge in [-0.1, -0.05) is 30.2 Å². The zero-order valence-electron chi connectivity index (χ0n) is 8.46. The van der Waals surface area contributed by atoms with Crippen LogP contribution in [0.5, 0.6) is 0 Å². The molecule has 0 aromatic carbocycles. The second-order valence-corrected chi connectivity index (χ2v) is 16.6. The molecule has 0 N–H and O–H groups in total. The van der Waals surface area contributed by atoms with Crippen molar-refractivity contribution in [2.24, 2.45) is 19.5 Å². The average molecular weight is 401 g/mol. The van der Waals surface area contributed by atoms with Gasteiger partial charge in [-0.05, 0) is 61.9 Å². The third kappa shape index (κ3) is 4.34. The number of allylic oxidation sites excluding steroid dienone is 4. The normalized spacial score (nSPS) is 31.8. The maximum atomic E-state index is 6.24. The molecule has 11 heteroatoms. The molecule has 0 aromatic heterocycles. The predicted molar refractivity (Wildman–Crippen MR) is 86.9 cm³/mol. The van der Waals surface area contributed by atoms with Crippen LogP contribution in [0.15, 0.2) is 37.9 Å². The van der Waals surface area contributed by atoms with Crippen LogP contribution in [0.1, 0.15) is 0 Å². The van der Waals surface area contributed by atoms with Crippen molar-refractivity contribution in [2.45, 2.75) is 0 Å². The molecule has 98 valence electrons. The fraction of sp³-hybridized carbons (Fsp3) is 0.143. The second-order valence-electron chi connectivity index (χ2n) is 3.26. The number of nitrogens with zero attached hydrogens (tertiary/aromatic N) is 3. The molecule has 2 rings (SSSR count). The zero-order valence-corrected chi connectivity index (χ0v) is 14.9. The fourth-order valence-electron chi connectivity index (χ4n) is 1.20. The average Bonchev–Trinajstić information content (AvgIpc) is 2.60. The summed E-state index contributed by atoms with van der Waals surface area (Å²) in [4.78, 5) is 0. The maximum absolute atomic E-state index is 6.24. The number of hydrogen-bond acceptors (Lipinski definition) is 3. The van der Waals surface area contributed by atoms with E-state index in [1.807, 2.05) is 24.3 Å². The summed E-state index contributed by atoms with van der Waals surface area (Å²) in [6.45, 7) is -2.89. The Morgan fingerprint density at radius 3 is 1.94 bits per heavy atom. The molecule has 0 spiro atoms. The highest BCUT2D eigenvalue weighted by molar-refractivity contribution is 8.23. The molecule has 18 heavy (non-hydrogen) atoms. The van der Waals surface area contributed by atoms with Gasteiger partial charge < -0.3 is 0 Å². The summed E-state index contributed by atoms with van der Waals surface area (Å²) >= 11 is 29.9. The minimum absolute atomic E-state index is 0.0124. The number of halogens is 5. The lowest BCUT2D eigenvalue weighted by molar-refractivity contribution is 1.15. The lowest BCUT2D eigenvalue weighted by atomic mass is 10.2. The Kier molecular flexibility index (Phi) is 4.77. The van der Waals surface area contributed by atoms with E-state index in [1.54, 1.807) is 0 Å². The largest absolute Gasteiger partial charge is 0.257 e. The van der Waals surface area contributed by atoms with Gasteiger partial charge in [-0.25, -0.2) is 0 Å². The molecule has 2 aliphatic rings. The van der Waals surface area contributed by atoms with Crippen molar-refractivity contribution >= 4 is 74.6 Å². The molecule has 0 saturated carbocycles. The Labute approximate surface area is 129 Å². The van der Waals surface area contributed by atoms with Crippen molar-refractivity contribution < 1.29 is 0 Å². The van der Waals surface area contributed by atoms with Crippen LogP contribution >= 0.6 is 74.6 Å². The van der Waals surface area contributed by atoms with Crippen LogP contribution in [0.3, 0.4) is 0 Å². The Bertz CT molecular complexity index is 636. The highest BCUT2D eigenvalue weighted by atomic mass is 35.9. The van der Waals surface area contributed by atoms with E-state index in [2.05, 4.69) is 25.1 Å². The molecule has 1 atom stereocenters. The van der Waals surface area contributed by atoms with Crippen LogP contribution in [0.25, 0.3) is 0 Å². The van der Waals surface area contributed by atoms with E-state index < -0.39 is 18.4 Å². The van der Waals surface area contributed by atoms with Gasteiger partial charge in [0.15, 0.2) is 0 Å². The van der Waals surface area contributed by atoms with Gasteiger partial charge in [-0.2, -0.15) is 13.5 Å². The molecule has 0 radical (unpaired) electrons. The molecule has 1 aliphatic carbocycles. The quantitative estimate of drug-likeness (QED) is 0.293. The fourth-order valence-corrected chi connectivity index (χ4v) is 18.0. The van der Waals surface area contributed by atoms with Gasteiger partial charge in [-0.3, -0.25) is 0 Å². The zero-order chi connectivity index (χ0) is 13.4. The van der Waals surface area contributed by atoms with E-state index in [0.29, 0.717) is 0 Å². The van der Waals surface area contributed by atoms with Crippen molar-refractivity contribution in [3.05, 3.63) is 24.3 Å². The van der Waals surface area contributed by atoms with Crippen molar-refractivity contribution in [1.29, 1.82) is 0 Å². The Balaban J connectivity index is 2.46. The van der Waals surface area contributed by atoms with Crippen molar-refractivity contribution in [2.75, 3.05) is 0 Å². The maximum Gasteiger partial charge on any atom is 0.257 e. The van der Waals surface area contributed by atoms with Gasteiger partial charge in [-0.15, -0.1) is 0 Å². The SMILES string of the molecule is ClP1(Cl)=NP(Cl)(Cl)=NP(Cl)(C#CC2C=CC=C2)=N1. The smallest absolute Gasteiger partial charge is 0.187 e. The minimum atomic E-state index is -2.98. The summed E-state index contributed by atoms with van der Waals surface area (Å²) in [5, 5.41) is 0. The van der Waals surface area contributed by atoms with Crippen molar-refractivity contribution in [3.8, 4) is 11.6 Å². The van der Waals surface area contributed by atoms with E-state index in [4.69, 9.17) is 56.2 Å². The summed E-state index contributed by atoms with van der Waals surface area (Å²) in [7, 11) is 0. The first-order valence-corrected chi connectivity index (χ1v) is 14.1. The third-order valence-corrected chi connectivity index (χ3v) is 13.9. The predicted octanol–water partition coefficient (Wildman–Crippen LogP) is 7.82. The Morgan fingerprint density at radius 2 is 1.39 bits per heavy atom. The first kappa shape index (κ1) is 15.6. The molecular formula is C7H5Cl5N3P3. The summed E-state index contributed by atoms with van der Waals surface area (Å²) in [5.41, 5.74) is 2.80. The summed E-state index contributed by atoms with van der Waals surface area (Å²) < 4.78 is 11.9. The topological polar surface area (TPSA) is 37.1 Å². The van der Waals surface area contributed by atoms with E-state index >= 15 is 0 Å². The van der Waals surface area contributed by atoms with E-state index in [1.165, 1.54) is 0 Å². The van der Waals surface area contributed by atoms with Crippen LogP contribution in [-0.2, 0) is 0 Å². The van der Waals surface area contributed by atoms with Gasteiger partial charge in [0.25, 0.3) is 11.8 Å². The molecule has 0 amide bonds. The molecule has 1 heterocycles. The first-order chi connectivity index (χ1) is 8.20. The summed E-state index contributed by atoms with van der Waals surface area (Å²) in [5.74, 6) is -3.03. The Morgan fingerprint density at radius 1 is 0.833 bits per heavy atom. The standard InChI is InChI=1S/C7H5Cl5N3P3/c8-16(6-5-7-3-1-2-4-7)13-17(9,10)15-18(11,12)14-16/h1-4,7H. The van der Waals surface area contributed by atoms with Gasteiger partial charge >= 0.3 is 0 Å². The summed E-state index contributed by atoms with van der Waals surface area (Å²) in [6, 6.07) is 0. The minimum Gasteiger partial charge on any atom is -0.187 e. The molecule has 0 aromatic rings. The third-order valence-electron chi connectivity index (χ3n) is 1.79. The van der Waals surface area contributed by atoms with Gasteiger partial charge in [0.1, 0.15) is 0 Å². The van der Waals surface area contributed by atoms with Crippen molar-refractivity contribution in [3.63, 3.8) is 0 Å². The molecule has 3 nitrogen and oxygen atoms in total. The highest BCUT2D eigenvalue weighted by Crippen LogP contribution is 2.86. The highest BCUT2D eigenvalue weighted by Gasteiger charge is 2.31. The van der Waals surface area contributed by atoms with Gasteiger partial charge in [0.05, 0.1) is 5.92 Å². The monoisotopic (exact) mass is 399 g/mol. The Hall–Kier alpha value is 1.18. The molecular weight excluding hydrogens is 396 g/mol. The second kappa shape index (κ2) is 5.52. The van der Waals surface area contributed by atoms with E-state index in [9.17, 15) is 0 Å². The molecule has 0 bridgehead atoms. The van der Waals surface area contributed by atoms with Gasteiger partial charge in [0.2, 0.25) is 6.56 Å². The number of rotatable bonds is 0. The molecule has 0 saturated heterocycles. The molecule has 1 aliphatic heterocycles. The van der Waals surface area contributed by atoms with Crippen LogP contribution in [0, 0.1) is 17.5 Å². The molecule has 1 unspecified atom stereocenters. The lowest BCUT2D eigenvalue weighted by Crippen LogP contribution is -1.80. The van der Waals surface area contributed by atoms with Crippen LogP contribution in [0.2, 0.25) is 0 Å². The molecule has 0 fully saturated rings.